The summed E-state index contributed by atoms with van der Waals surface area (Å²) in [4.78, 5) is 26.5. The number of carbonyl (C=O) groups is 2. The van der Waals surface area contributed by atoms with E-state index in [0.29, 0.717) is 17.2 Å². The number of benzene rings is 2. The summed E-state index contributed by atoms with van der Waals surface area (Å²) in [6.07, 6.45) is 3.85. The zero-order valence-corrected chi connectivity index (χ0v) is 15.3. The van der Waals surface area contributed by atoms with E-state index in [1.807, 2.05) is 47.4 Å². The molecule has 0 unspecified atom stereocenters. The summed E-state index contributed by atoms with van der Waals surface area (Å²) in [5.41, 5.74) is 1.33. The first-order valence-corrected chi connectivity index (χ1v) is 9.61. The van der Waals surface area contributed by atoms with Gasteiger partial charge in [0, 0.05) is 43.1 Å². The molecule has 2 aromatic rings. The molecule has 2 amide bonds. The van der Waals surface area contributed by atoms with Gasteiger partial charge in [0.05, 0.1) is 0 Å². The first-order chi connectivity index (χ1) is 13.2. The summed E-state index contributed by atoms with van der Waals surface area (Å²) in [5, 5.41) is 2.89. The molecule has 1 aliphatic carbocycles. The van der Waals surface area contributed by atoms with Crippen molar-refractivity contribution in [3.63, 3.8) is 0 Å². The summed E-state index contributed by atoms with van der Waals surface area (Å²) >= 11 is 0. The minimum Gasteiger partial charge on any atom is -0.490 e. The molecule has 2 aromatic carbocycles. The number of amides is 2. The molecule has 0 bridgehead atoms. The maximum absolute atomic E-state index is 12.4. The molecule has 140 valence electrons. The molecule has 2 aliphatic rings. The zero-order chi connectivity index (χ0) is 18.6. The van der Waals surface area contributed by atoms with Crippen molar-refractivity contribution in [1.82, 2.24) is 4.90 Å². The lowest BCUT2D eigenvalue weighted by Crippen LogP contribution is -2.42. The van der Waals surface area contributed by atoms with E-state index < -0.39 is 0 Å². The van der Waals surface area contributed by atoms with Crippen molar-refractivity contribution in [2.24, 2.45) is 5.92 Å². The van der Waals surface area contributed by atoms with E-state index in [0.717, 1.165) is 44.5 Å². The van der Waals surface area contributed by atoms with Gasteiger partial charge in [0.25, 0.3) is 5.91 Å². The molecular formula is C22H24N2O3. The molecule has 1 heterocycles. The maximum atomic E-state index is 12.4. The van der Waals surface area contributed by atoms with Crippen LogP contribution in [0, 0.1) is 5.92 Å². The van der Waals surface area contributed by atoms with Crippen LogP contribution in [-0.4, -0.2) is 35.9 Å². The Morgan fingerprint density at radius 1 is 0.926 bits per heavy atom. The summed E-state index contributed by atoms with van der Waals surface area (Å²) in [7, 11) is 0. The van der Waals surface area contributed by atoms with Crippen molar-refractivity contribution in [2.45, 2.75) is 31.8 Å². The lowest BCUT2D eigenvalue weighted by atomic mass is 10.1. The number of nitrogens with zero attached hydrogens (tertiary/aromatic N) is 1. The van der Waals surface area contributed by atoms with Crippen LogP contribution < -0.4 is 10.1 Å². The van der Waals surface area contributed by atoms with Crippen LogP contribution in [0.15, 0.2) is 54.6 Å². The van der Waals surface area contributed by atoms with E-state index in [1.54, 1.807) is 12.1 Å². The molecule has 1 saturated heterocycles. The monoisotopic (exact) mass is 364 g/mol. The van der Waals surface area contributed by atoms with Gasteiger partial charge in [0.1, 0.15) is 11.9 Å². The number of hydrogen-bond donors (Lipinski definition) is 1. The second-order valence-corrected chi connectivity index (χ2v) is 7.26. The van der Waals surface area contributed by atoms with Gasteiger partial charge in [0.15, 0.2) is 0 Å². The topological polar surface area (TPSA) is 58.6 Å². The normalized spacial score (nSPS) is 17.4. The quantitative estimate of drug-likeness (QED) is 0.880. The van der Waals surface area contributed by atoms with Crippen LogP contribution in [0.2, 0.25) is 0 Å². The van der Waals surface area contributed by atoms with Crippen molar-refractivity contribution in [1.29, 1.82) is 0 Å². The predicted molar refractivity (Wildman–Crippen MR) is 104 cm³/mol. The van der Waals surface area contributed by atoms with Gasteiger partial charge in [0.2, 0.25) is 5.91 Å². The molecule has 5 nitrogen and oxygen atoms in total. The van der Waals surface area contributed by atoms with Gasteiger partial charge in [-0.2, -0.15) is 0 Å². The number of anilines is 1. The molecule has 0 atom stereocenters. The van der Waals surface area contributed by atoms with Crippen molar-refractivity contribution in [2.75, 3.05) is 18.4 Å². The third-order valence-electron chi connectivity index (χ3n) is 5.11. The lowest BCUT2D eigenvalue weighted by Gasteiger charge is -2.32. The summed E-state index contributed by atoms with van der Waals surface area (Å²) in [6, 6.07) is 16.7. The van der Waals surface area contributed by atoms with Gasteiger partial charge in [-0.25, -0.2) is 0 Å². The molecule has 4 rings (SSSR count). The third kappa shape index (κ3) is 4.48. The highest BCUT2D eigenvalue weighted by atomic mass is 16.5. The molecule has 0 radical (unpaired) electrons. The van der Waals surface area contributed by atoms with Gasteiger partial charge < -0.3 is 15.0 Å². The highest BCUT2D eigenvalue weighted by Crippen LogP contribution is 2.32. The predicted octanol–water partition coefficient (Wildman–Crippen LogP) is 3.72. The minimum absolute atomic E-state index is 0.0840. The fourth-order valence-electron chi connectivity index (χ4n) is 3.41. The summed E-state index contributed by atoms with van der Waals surface area (Å²) in [6.45, 7) is 1.52. The molecule has 2 fully saturated rings. The molecule has 5 heteroatoms. The number of piperidine rings is 1. The highest BCUT2D eigenvalue weighted by Gasteiger charge is 2.35. The maximum Gasteiger partial charge on any atom is 0.255 e. The Morgan fingerprint density at radius 2 is 1.67 bits per heavy atom. The number of nitrogens with one attached hydrogen (secondary N) is 1. The molecule has 0 aromatic heterocycles. The Hall–Kier alpha value is -2.82. The van der Waals surface area contributed by atoms with E-state index in [4.69, 9.17) is 4.74 Å². The second-order valence-electron chi connectivity index (χ2n) is 7.26. The Labute approximate surface area is 159 Å². The van der Waals surface area contributed by atoms with Gasteiger partial charge in [-0.05, 0) is 43.2 Å². The number of hydrogen-bond acceptors (Lipinski definition) is 3. The number of carbonyl (C=O) groups excluding carboxylic acids is 2. The SMILES string of the molecule is O=C(Nc1ccccc1)c1cccc(OC2CCN(C(=O)C3CC3)CC2)c1. The van der Waals surface area contributed by atoms with Crippen LogP contribution in [0.4, 0.5) is 5.69 Å². The van der Waals surface area contributed by atoms with Crippen molar-refractivity contribution >= 4 is 17.5 Å². The van der Waals surface area contributed by atoms with Gasteiger partial charge in [-0.3, -0.25) is 9.59 Å². The summed E-state index contributed by atoms with van der Waals surface area (Å²) in [5.74, 6) is 1.13. The van der Waals surface area contributed by atoms with Crippen molar-refractivity contribution < 1.29 is 14.3 Å². The third-order valence-corrected chi connectivity index (χ3v) is 5.11. The second kappa shape index (κ2) is 7.82. The van der Waals surface area contributed by atoms with E-state index in [1.165, 1.54) is 0 Å². The Morgan fingerprint density at radius 3 is 2.37 bits per heavy atom. The Bertz CT molecular complexity index is 809. The fraction of sp³-hybridized carbons (Fsp3) is 0.364. The van der Waals surface area contributed by atoms with E-state index in [-0.39, 0.29) is 17.9 Å². The molecule has 1 aliphatic heterocycles. The van der Waals surface area contributed by atoms with E-state index in [9.17, 15) is 9.59 Å². The van der Waals surface area contributed by atoms with Crippen LogP contribution in [0.25, 0.3) is 0 Å². The van der Waals surface area contributed by atoms with Gasteiger partial charge >= 0.3 is 0 Å². The molecule has 0 spiro atoms. The number of ether oxygens (including phenoxy) is 1. The average molecular weight is 364 g/mol. The Kier molecular flexibility index (Phi) is 5.10. The van der Waals surface area contributed by atoms with Crippen molar-refractivity contribution in [3.05, 3.63) is 60.2 Å². The molecule has 1 N–H and O–H groups in total. The lowest BCUT2D eigenvalue weighted by molar-refractivity contribution is -0.134. The largest absolute Gasteiger partial charge is 0.490 e. The average Bonchev–Trinajstić information content (AvgIpc) is 3.54. The van der Waals surface area contributed by atoms with Crippen LogP contribution >= 0.6 is 0 Å². The fourth-order valence-corrected chi connectivity index (χ4v) is 3.41. The standard InChI is InChI=1S/C22H24N2O3/c25-21(23-18-6-2-1-3-7-18)17-5-4-8-20(15-17)27-19-11-13-24(14-12-19)22(26)16-9-10-16/h1-8,15-16,19H,9-14H2,(H,23,25). The first kappa shape index (κ1) is 17.6. The first-order valence-electron chi connectivity index (χ1n) is 9.61. The number of rotatable bonds is 5. The van der Waals surface area contributed by atoms with E-state index in [2.05, 4.69) is 5.32 Å². The van der Waals surface area contributed by atoms with Crippen molar-refractivity contribution in [3.8, 4) is 5.75 Å². The molecule has 27 heavy (non-hydrogen) atoms. The molecule has 1 saturated carbocycles. The van der Waals surface area contributed by atoms with Gasteiger partial charge in [-0.1, -0.05) is 24.3 Å². The minimum atomic E-state index is -0.156. The van der Waals surface area contributed by atoms with E-state index >= 15 is 0 Å². The number of likely N-dealkylation sites (tertiary alicyclic amines) is 1. The van der Waals surface area contributed by atoms with Crippen LogP contribution in [0.5, 0.6) is 5.75 Å². The smallest absolute Gasteiger partial charge is 0.255 e. The van der Waals surface area contributed by atoms with Crippen LogP contribution in [-0.2, 0) is 4.79 Å². The summed E-state index contributed by atoms with van der Waals surface area (Å²) < 4.78 is 6.08. The van der Waals surface area contributed by atoms with Crippen LogP contribution in [0.1, 0.15) is 36.0 Å². The molecular weight excluding hydrogens is 340 g/mol. The zero-order valence-electron chi connectivity index (χ0n) is 15.3. The van der Waals surface area contributed by atoms with Gasteiger partial charge in [-0.15, -0.1) is 0 Å². The Balaban J connectivity index is 1.33. The highest BCUT2D eigenvalue weighted by molar-refractivity contribution is 6.04. The number of para-hydroxylation sites is 1. The van der Waals surface area contributed by atoms with Crippen LogP contribution in [0.3, 0.4) is 0 Å².